The van der Waals surface area contributed by atoms with Crippen LogP contribution in [0.15, 0.2) is 46.9 Å². The number of ether oxygens (including phenoxy) is 1. The van der Waals surface area contributed by atoms with Crippen LogP contribution in [0.25, 0.3) is 0 Å². The van der Waals surface area contributed by atoms with Crippen molar-refractivity contribution in [3.8, 4) is 0 Å². The Balaban J connectivity index is 1.52. The molecule has 0 unspecified atom stereocenters. The van der Waals surface area contributed by atoms with Gasteiger partial charge >= 0.3 is 5.97 Å². The van der Waals surface area contributed by atoms with Gasteiger partial charge in [0, 0.05) is 28.8 Å². The normalized spacial score (nSPS) is 16.2. The number of carbonyl (C=O) groups is 3. The molecule has 2 aromatic carbocycles. The molecule has 0 bridgehead atoms. The van der Waals surface area contributed by atoms with E-state index in [9.17, 15) is 14.4 Å². The number of benzene rings is 2. The number of amides is 2. The average Bonchev–Trinajstić information content (AvgIpc) is 3.05. The Morgan fingerprint density at radius 3 is 2.64 bits per heavy atom. The molecule has 0 aliphatic carbocycles. The van der Waals surface area contributed by atoms with Gasteiger partial charge in [0.2, 0.25) is 5.91 Å². The molecule has 2 amide bonds. The maximum absolute atomic E-state index is 12.3. The van der Waals surface area contributed by atoms with E-state index in [4.69, 9.17) is 16.3 Å². The van der Waals surface area contributed by atoms with Crippen molar-refractivity contribution < 1.29 is 19.1 Å². The summed E-state index contributed by atoms with van der Waals surface area (Å²) in [7, 11) is 0. The van der Waals surface area contributed by atoms with Crippen LogP contribution in [-0.2, 0) is 19.1 Å². The van der Waals surface area contributed by atoms with Gasteiger partial charge < -0.3 is 15.0 Å². The van der Waals surface area contributed by atoms with Crippen LogP contribution in [0.2, 0.25) is 5.02 Å². The fourth-order valence-electron chi connectivity index (χ4n) is 2.87. The summed E-state index contributed by atoms with van der Waals surface area (Å²) >= 11 is 9.24. The van der Waals surface area contributed by atoms with E-state index < -0.39 is 24.4 Å². The first kappa shape index (κ1) is 20.4. The van der Waals surface area contributed by atoms with E-state index in [-0.39, 0.29) is 18.9 Å². The lowest BCUT2D eigenvalue weighted by molar-refractivity contribution is -0.151. The third-order valence-electron chi connectivity index (χ3n) is 4.35. The molecule has 28 heavy (non-hydrogen) atoms. The van der Waals surface area contributed by atoms with Crippen molar-refractivity contribution in [1.82, 2.24) is 0 Å². The van der Waals surface area contributed by atoms with Crippen LogP contribution < -0.4 is 10.2 Å². The fraction of sp³-hybridized carbons (Fsp3) is 0.250. The van der Waals surface area contributed by atoms with Crippen molar-refractivity contribution in [2.45, 2.75) is 13.3 Å². The largest absolute Gasteiger partial charge is 0.455 e. The van der Waals surface area contributed by atoms with E-state index in [0.717, 1.165) is 11.3 Å². The summed E-state index contributed by atoms with van der Waals surface area (Å²) < 4.78 is 5.80. The van der Waals surface area contributed by atoms with Gasteiger partial charge in [-0.2, -0.15) is 0 Å². The zero-order valence-corrected chi connectivity index (χ0v) is 17.4. The summed E-state index contributed by atoms with van der Waals surface area (Å²) in [6, 6.07) is 12.5. The summed E-state index contributed by atoms with van der Waals surface area (Å²) in [6.45, 7) is 1.77. The van der Waals surface area contributed by atoms with Gasteiger partial charge in [-0.1, -0.05) is 29.3 Å². The van der Waals surface area contributed by atoms with E-state index in [1.54, 1.807) is 23.1 Å². The van der Waals surface area contributed by atoms with Crippen LogP contribution in [-0.4, -0.2) is 30.9 Å². The molecule has 1 saturated heterocycles. The van der Waals surface area contributed by atoms with Crippen molar-refractivity contribution in [3.63, 3.8) is 0 Å². The molecular formula is C20H18BrClN2O4. The van der Waals surface area contributed by atoms with Gasteiger partial charge in [0.1, 0.15) is 0 Å². The standard InChI is InChI=1S/C20H18BrClN2O4/c1-12-2-5-15(6-3-12)24-10-13(8-19(24)26)20(27)28-11-18(25)23-14-4-7-16(21)17(22)9-14/h2-7,9,13H,8,10-11H2,1H3,(H,23,25)/t13-/m1/s1. The molecule has 1 fully saturated rings. The summed E-state index contributed by atoms with van der Waals surface area (Å²) in [5.74, 6) is -1.78. The smallest absolute Gasteiger partial charge is 0.311 e. The lowest BCUT2D eigenvalue weighted by Crippen LogP contribution is -2.28. The quantitative estimate of drug-likeness (QED) is 0.679. The van der Waals surface area contributed by atoms with E-state index in [1.165, 1.54) is 0 Å². The number of carbonyl (C=O) groups excluding carboxylic acids is 3. The van der Waals surface area contributed by atoms with Crippen LogP contribution in [0.3, 0.4) is 0 Å². The minimum Gasteiger partial charge on any atom is -0.455 e. The summed E-state index contributed by atoms with van der Waals surface area (Å²) in [6.07, 6.45) is 0.0661. The first-order valence-corrected chi connectivity index (χ1v) is 9.79. The maximum atomic E-state index is 12.3. The molecule has 0 spiro atoms. The van der Waals surface area contributed by atoms with Crippen LogP contribution >= 0.6 is 27.5 Å². The molecule has 3 rings (SSSR count). The predicted octanol–water partition coefficient (Wildman–Crippen LogP) is 3.95. The number of hydrogen-bond acceptors (Lipinski definition) is 4. The Morgan fingerprint density at radius 1 is 1.25 bits per heavy atom. The second-order valence-corrected chi connectivity index (χ2v) is 7.79. The SMILES string of the molecule is Cc1ccc(N2C[C@H](C(=O)OCC(=O)Nc3ccc(Br)c(Cl)c3)CC2=O)cc1. The third-order valence-corrected chi connectivity index (χ3v) is 5.59. The second-order valence-electron chi connectivity index (χ2n) is 6.53. The highest BCUT2D eigenvalue weighted by Gasteiger charge is 2.36. The highest BCUT2D eigenvalue weighted by Crippen LogP contribution is 2.27. The summed E-state index contributed by atoms with van der Waals surface area (Å²) in [5, 5.41) is 3.06. The summed E-state index contributed by atoms with van der Waals surface area (Å²) in [5.41, 5.74) is 2.33. The van der Waals surface area contributed by atoms with Gasteiger partial charge in [-0.15, -0.1) is 0 Å². The van der Waals surface area contributed by atoms with Gasteiger partial charge in [-0.3, -0.25) is 14.4 Å². The first-order chi connectivity index (χ1) is 13.3. The Hall–Kier alpha value is -2.38. The molecule has 1 heterocycles. The first-order valence-electron chi connectivity index (χ1n) is 8.62. The third kappa shape index (κ3) is 4.91. The van der Waals surface area contributed by atoms with Crippen molar-refractivity contribution in [1.29, 1.82) is 0 Å². The van der Waals surface area contributed by atoms with Crippen molar-refractivity contribution >= 4 is 56.7 Å². The van der Waals surface area contributed by atoms with E-state index in [0.29, 0.717) is 15.2 Å². The van der Waals surface area contributed by atoms with Crippen molar-refractivity contribution in [2.75, 3.05) is 23.4 Å². The Labute approximate surface area is 175 Å². The van der Waals surface area contributed by atoms with Gasteiger partial charge in [0.15, 0.2) is 6.61 Å². The minimum atomic E-state index is -0.594. The number of halogens is 2. The molecule has 1 N–H and O–H groups in total. The number of rotatable bonds is 5. The van der Waals surface area contributed by atoms with E-state index >= 15 is 0 Å². The van der Waals surface area contributed by atoms with Crippen LogP contribution in [0.5, 0.6) is 0 Å². The Morgan fingerprint density at radius 2 is 1.96 bits per heavy atom. The fourth-order valence-corrected chi connectivity index (χ4v) is 3.29. The van der Waals surface area contributed by atoms with E-state index in [2.05, 4.69) is 21.2 Å². The number of aryl methyl sites for hydroxylation is 1. The molecule has 6 nitrogen and oxygen atoms in total. The van der Waals surface area contributed by atoms with Crippen molar-refractivity contribution in [3.05, 3.63) is 57.5 Å². The van der Waals surface area contributed by atoms with Gasteiger partial charge in [-0.25, -0.2) is 0 Å². The van der Waals surface area contributed by atoms with Gasteiger partial charge in [-0.05, 0) is 53.2 Å². The second kappa shape index (κ2) is 8.75. The molecule has 1 aliphatic rings. The lowest BCUT2D eigenvalue weighted by atomic mass is 10.1. The molecule has 146 valence electrons. The van der Waals surface area contributed by atoms with Crippen LogP contribution in [0, 0.1) is 12.8 Å². The Bertz CT molecular complexity index is 917. The Kier molecular flexibility index (Phi) is 6.36. The average molecular weight is 466 g/mol. The molecule has 0 saturated carbocycles. The zero-order chi connectivity index (χ0) is 20.3. The molecule has 8 heteroatoms. The highest BCUT2D eigenvalue weighted by molar-refractivity contribution is 9.10. The zero-order valence-electron chi connectivity index (χ0n) is 15.1. The topological polar surface area (TPSA) is 75.7 Å². The number of hydrogen-bond donors (Lipinski definition) is 1. The number of nitrogens with zero attached hydrogens (tertiary/aromatic N) is 1. The molecule has 0 radical (unpaired) electrons. The molecule has 2 aromatic rings. The minimum absolute atomic E-state index is 0.0661. The van der Waals surface area contributed by atoms with Gasteiger partial charge in [0.05, 0.1) is 10.9 Å². The van der Waals surface area contributed by atoms with Crippen LogP contribution in [0.4, 0.5) is 11.4 Å². The lowest BCUT2D eigenvalue weighted by Gasteiger charge is -2.16. The molecule has 1 aliphatic heterocycles. The van der Waals surface area contributed by atoms with Gasteiger partial charge in [0.25, 0.3) is 5.91 Å². The van der Waals surface area contributed by atoms with E-state index in [1.807, 2.05) is 31.2 Å². The highest BCUT2D eigenvalue weighted by atomic mass is 79.9. The molecular weight excluding hydrogens is 448 g/mol. The predicted molar refractivity (Wildman–Crippen MR) is 110 cm³/mol. The number of anilines is 2. The molecule has 1 atom stereocenters. The maximum Gasteiger partial charge on any atom is 0.311 e. The summed E-state index contributed by atoms with van der Waals surface area (Å²) in [4.78, 5) is 38.1. The van der Waals surface area contributed by atoms with Crippen LogP contribution in [0.1, 0.15) is 12.0 Å². The number of nitrogens with one attached hydrogen (secondary N) is 1. The molecule has 0 aromatic heterocycles. The monoisotopic (exact) mass is 464 g/mol. The number of esters is 1. The van der Waals surface area contributed by atoms with Crippen molar-refractivity contribution in [2.24, 2.45) is 5.92 Å².